The summed E-state index contributed by atoms with van der Waals surface area (Å²) in [6.45, 7) is 1.42. The summed E-state index contributed by atoms with van der Waals surface area (Å²) in [6, 6.07) is 11.6. The Hall–Kier alpha value is -2.86. The number of aromatic nitrogens is 1. The van der Waals surface area contributed by atoms with Gasteiger partial charge in [0.2, 0.25) is 5.91 Å². The molecule has 1 heterocycles. The summed E-state index contributed by atoms with van der Waals surface area (Å²) in [4.78, 5) is 27.3. The van der Waals surface area contributed by atoms with E-state index in [0.29, 0.717) is 27.4 Å². The molecule has 3 rings (SSSR count). The Morgan fingerprint density at radius 3 is 2.52 bits per heavy atom. The lowest BCUT2D eigenvalue weighted by Gasteiger charge is -2.00. The van der Waals surface area contributed by atoms with Gasteiger partial charge in [-0.05, 0) is 36.4 Å². The van der Waals surface area contributed by atoms with Crippen molar-refractivity contribution in [1.29, 1.82) is 0 Å². The van der Waals surface area contributed by atoms with Crippen LogP contribution in [0.15, 0.2) is 46.9 Å². The number of anilines is 2. The highest BCUT2D eigenvalue weighted by Gasteiger charge is 2.12. The van der Waals surface area contributed by atoms with Gasteiger partial charge in [-0.15, -0.1) is 0 Å². The first-order valence-electron chi connectivity index (χ1n) is 6.76. The molecule has 23 heavy (non-hydrogen) atoms. The fraction of sp³-hybridized carbons (Fsp3) is 0.0625. The molecule has 2 N–H and O–H groups in total. The molecule has 0 atom stereocenters. The van der Waals surface area contributed by atoms with E-state index in [9.17, 15) is 9.59 Å². The van der Waals surface area contributed by atoms with E-state index in [1.165, 1.54) is 6.92 Å². The van der Waals surface area contributed by atoms with Crippen LogP contribution in [0.3, 0.4) is 0 Å². The van der Waals surface area contributed by atoms with Crippen LogP contribution in [0.4, 0.5) is 11.7 Å². The van der Waals surface area contributed by atoms with Crippen LogP contribution in [0.1, 0.15) is 17.3 Å². The molecule has 116 valence electrons. The standard InChI is InChI=1S/C16H12ClN3O3/c1-9(21)18-12-6-7-13-14(8-12)23-16(19-13)20-15(22)10-2-4-11(17)5-3-10/h2-8H,1H3,(H,18,21)(H,19,20,22). The van der Waals surface area contributed by atoms with Gasteiger partial charge in [0.1, 0.15) is 5.52 Å². The Bertz CT molecular complexity index is 887. The van der Waals surface area contributed by atoms with E-state index in [-0.39, 0.29) is 17.8 Å². The summed E-state index contributed by atoms with van der Waals surface area (Å²) in [5, 5.41) is 5.78. The normalized spacial score (nSPS) is 10.5. The first-order valence-corrected chi connectivity index (χ1v) is 7.14. The van der Waals surface area contributed by atoms with Gasteiger partial charge in [0.15, 0.2) is 5.58 Å². The second kappa shape index (κ2) is 6.10. The zero-order valence-electron chi connectivity index (χ0n) is 12.1. The molecule has 2 aromatic carbocycles. The highest BCUT2D eigenvalue weighted by molar-refractivity contribution is 6.30. The number of hydrogen-bond acceptors (Lipinski definition) is 4. The molecule has 0 saturated heterocycles. The van der Waals surface area contributed by atoms with Crippen LogP contribution in [0, 0.1) is 0 Å². The average molecular weight is 330 g/mol. The van der Waals surface area contributed by atoms with Gasteiger partial charge in [-0.1, -0.05) is 11.6 Å². The van der Waals surface area contributed by atoms with Crippen LogP contribution in [0.5, 0.6) is 0 Å². The van der Waals surface area contributed by atoms with Crippen molar-refractivity contribution in [3.8, 4) is 0 Å². The van der Waals surface area contributed by atoms with Crippen LogP contribution >= 0.6 is 11.6 Å². The van der Waals surface area contributed by atoms with Crippen molar-refractivity contribution < 1.29 is 14.0 Å². The Morgan fingerprint density at radius 1 is 1.09 bits per heavy atom. The number of nitrogens with zero attached hydrogens (tertiary/aromatic N) is 1. The zero-order chi connectivity index (χ0) is 16.4. The maximum Gasteiger partial charge on any atom is 0.302 e. The van der Waals surface area contributed by atoms with Gasteiger partial charge in [0, 0.05) is 29.3 Å². The lowest BCUT2D eigenvalue weighted by atomic mass is 10.2. The predicted octanol–water partition coefficient (Wildman–Crippen LogP) is 3.69. The highest BCUT2D eigenvalue weighted by atomic mass is 35.5. The molecule has 3 aromatic rings. The maximum atomic E-state index is 12.1. The number of rotatable bonds is 3. The topological polar surface area (TPSA) is 84.2 Å². The van der Waals surface area contributed by atoms with Crippen LogP contribution in [-0.2, 0) is 4.79 Å². The summed E-state index contributed by atoms with van der Waals surface area (Å²) in [6.07, 6.45) is 0. The number of carbonyl (C=O) groups is 2. The smallest absolute Gasteiger partial charge is 0.302 e. The number of carbonyl (C=O) groups excluding carboxylic acids is 2. The van der Waals surface area contributed by atoms with E-state index in [1.54, 1.807) is 42.5 Å². The van der Waals surface area contributed by atoms with Crippen LogP contribution in [-0.4, -0.2) is 16.8 Å². The Morgan fingerprint density at radius 2 is 1.83 bits per heavy atom. The zero-order valence-corrected chi connectivity index (χ0v) is 12.8. The van der Waals surface area contributed by atoms with E-state index in [0.717, 1.165) is 0 Å². The largest absolute Gasteiger partial charge is 0.423 e. The van der Waals surface area contributed by atoms with Crippen molar-refractivity contribution in [3.05, 3.63) is 53.1 Å². The minimum Gasteiger partial charge on any atom is -0.423 e. The summed E-state index contributed by atoms with van der Waals surface area (Å²) in [7, 11) is 0. The SMILES string of the molecule is CC(=O)Nc1ccc2nc(NC(=O)c3ccc(Cl)cc3)oc2c1. The average Bonchev–Trinajstić information content (AvgIpc) is 2.88. The molecule has 0 unspecified atom stereocenters. The molecule has 0 fully saturated rings. The second-order valence-corrected chi connectivity index (χ2v) is 5.28. The third-order valence-electron chi connectivity index (χ3n) is 3.04. The van der Waals surface area contributed by atoms with Gasteiger partial charge in [-0.3, -0.25) is 14.9 Å². The van der Waals surface area contributed by atoms with Crippen molar-refractivity contribution in [2.45, 2.75) is 6.92 Å². The van der Waals surface area contributed by atoms with Crippen molar-refractivity contribution in [1.82, 2.24) is 4.98 Å². The van der Waals surface area contributed by atoms with Crippen molar-refractivity contribution in [3.63, 3.8) is 0 Å². The summed E-state index contributed by atoms with van der Waals surface area (Å²) < 4.78 is 5.49. The number of hydrogen-bond donors (Lipinski definition) is 2. The molecule has 0 saturated carbocycles. The fourth-order valence-corrected chi connectivity index (χ4v) is 2.16. The maximum absolute atomic E-state index is 12.1. The third kappa shape index (κ3) is 3.49. The minimum atomic E-state index is -0.352. The molecule has 0 spiro atoms. The lowest BCUT2D eigenvalue weighted by molar-refractivity contribution is -0.114. The number of oxazole rings is 1. The lowest BCUT2D eigenvalue weighted by Crippen LogP contribution is -2.11. The Kier molecular flexibility index (Phi) is 3.99. The van der Waals surface area contributed by atoms with Gasteiger partial charge in [0.25, 0.3) is 5.91 Å². The molecule has 0 aliphatic heterocycles. The monoisotopic (exact) mass is 329 g/mol. The Labute approximate surface area is 136 Å². The fourth-order valence-electron chi connectivity index (χ4n) is 2.03. The van der Waals surface area contributed by atoms with E-state index < -0.39 is 0 Å². The summed E-state index contributed by atoms with van der Waals surface area (Å²) in [5.74, 6) is -0.532. The molecular formula is C16H12ClN3O3. The highest BCUT2D eigenvalue weighted by Crippen LogP contribution is 2.23. The van der Waals surface area contributed by atoms with Gasteiger partial charge >= 0.3 is 6.01 Å². The van der Waals surface area contributed by atoms with Crippen molar-refractivity contribution in [2.75, 3.05) is 10.6 Å². The summed E-state index contributed by atoms with van der Waals surface area (Å²) >= 11 is 5.79. The first-order chi connectivity index (χ1) is 11.0. The molecule has 0 aliphatic rings. The number of nitrogens with one attached hydrogen (secondary N) is 2. The molecule has 0 radical (unpaired) electrons. The van der Waals surface area contributed by atoms with Crippen molar-refractivity contribution in [2.24, 2.45) is 0 Å². The second-order valence-electron chi connectivity index (χ2n) is 4.84. The number of amides is 2. The molecule has 1 aromatic heterocycles. The molecule has 6 nitrogen and oxygen atoms in total. The number of halogens is 1. The van der Waals surface area contributed by atoms with Crippen LogP contribution < -0.4 is 10.6 Å². The Balaban J connectivity index is 1.81. The number of fused-ring (bicyclic) bond motifs is 1. The van der Waals surface area contributed by atoms with E-state index >= 15 is 0 Å². The van der Waals surface area contributed by atoms with Gasteiger partial charge < -0.3 is 9.73 Å². The number of benzene rings is 2. The molecular weight excluding hydrogens is 318 g/mol. The van der Waals surface area contributed by atoms with Crippen molar-refractivity contribution >= 4 is 46.2 Å². The molecule has 0 bridgehead atoms. The first kappa shape index (κ1) is 15.1. The third-order valence-corrected chi connectivity index (χ3v) is 3.29. The van der Waals surface area contributed by atoms with Gasteiger partial charge in [0.05, 0.1) is 0 Å². The minimum absolute atomic E-state index is 0.0833. The van der Waals surface area contributed by atoms with Gasteiger partial charge in [-0.2, -0.15) is 4.98 Å². The quantitative estimate of drug-likeness (QED) is 0.767. The van der Waals surface area contributed by atoms with E-state index in [4.69, 9.17) is 16.0 Å². The van der Waals surface area contributed by atoms with E-state index in [2.05, 4.69) is 15.6 Å². The molecule has 7 heteroatoms. The predicted molar refractivity (Wildman–Crippen MR) is 87.7 cm³/mol. The summed E-state index contributed by atoms with van der Waals surface area (Å²) in [5.41, 5.74) is 2.07. The molecule has 0 aliphatic carbocycles. The van der Waals surface area contributed by atoms with E-state index in [1.807, 2.05) is 0 Å². The van der Waals surface area contributed by atoms with Crippen LogP contribution in [0.25, 0.3) is 11.1 Å². The van der Waals surface area contributed by atoms with Gasteiger partial charge in [-0.25, -0.2) is 0 Å². The molecule has 2 amide bonds. The van der Waals surface area contributed by atoms with Crippen LogP contribution in [0.2, 0.25) is 5.02 Å².